The number of carbonyl (C=O) groups is 1. The molecule has 0 spiro atoms. The van der Waals surface area contributed by atoms with Gasteiger partial charge in [-0.25, -0.2) is 8.78 Å². The second-order valence-corrected chi connectivity index (χ2v) is 6.15. The second-order valence-electron chi connectivity index (χ2n) is 5.74. The first-order valence-corrected chi connectivity index (χ1v) is 8.12. The summed E-state index contributed by atoms with van der Waals surface area (Å²) in [6, 6.07) is 10.5. The molecule has 0 radical (unpaired) electrons. The normalized spacial score (nSPS) is 17.8. The fraction of sp³-hybridized carbons (Fsp3) is 0.278. The molecule has 2 aromatic carbocycles. The Morgan fingerprint density at radius 3 is 2.79 bits per heavy atom. The maximum Gasteiger partial charge on any atom is 0.227 e. The number of piperazine rings is 1. The summed E-state index contributed by atoms with van der Waals surface area (Å²) in [6.45, 7) is 1.76. The van der Waals surface area contributed by atoms with Gasteiger partial charge in [0.2, 0.25) is 5.91 Å². The van der Waals surface area contributed by atoms with Crippen LogP contribution in [0.2, 0.25) is 5.02 Å². The number of halogens is 3. The average Bonchev–Trinajstić information content (AvgIpc) is 2.58. The number of benzene rings is 2. The summed E-state index contributed by atoms with van der Waals surface area (Å²) in [4.78, 5) is 14.4. The zero-order chi connectivity index (χ0) is 17.1. The lowest BCUT2D eigenvalue weighted by molar-refractivity contribution is -0.133. The van der Waals surface area contributed by atoms with Crippen LogP contribution >= 0.6 is 11.6 Å². The van der Waals surface area contributed by atoms with E-state index in [9.17, 15) is 13.6 Å². The van der Waals surface area contributed by atoms with Crippen LogP contribution in [0.4, 0.5) is 8.78 Å². The van der Waals surface area contributed by atoms with Crippen molar-refractivity contribution >= 4 is 17.5 Å². The van der Waals surface area contributed by atoms with Crippen molar-refractivity contribution < 1.29 is 13.6 Å². The molecule has 1 atom stereocenters. The molecule has 1 aliphatic heterocycles. The fourth-order valence-electron chi connectivity index (χ4n) is 2.96. The maximum absolute atomic E-state index is 13.8. The molecule has 6 heteroatoms. The minimum atomic E-state index is -0.701. The highest BCUT2D eigenvalue weighted by atomic mass is 35.5. The van der Waals surface area contributed by atoms with E-state index in [2.05, 4.69) is 5.32 Å². The average molecular weight is 351 g/mol. The standard InChI is InChI=1S/C18H17ClF2N2O/c19-15-4-2-1-3-14(15)17-11-22-7-8-23(17)18(24)9-12-5-6-13(20)10-16(12)21/h1-6,10,17,22H,7-9,11H2. The van der Waals surface area contributed by atoms with Crippen LogP contribution in [0.1, 0.15) is 17.2 Å². The molecule has 24 heavy (non-hydrogen) atoms. The molecule has 2 aromatic rings. The zero-order valence-electron chi connectivity index (χ0n) is 12.9. The lowest BCUT2D eigenvalue weighted by atomic mass is 10.0. The van der Waals surface area contributed by atoms with Gasteiger partial charge in [0.05, 0.1) is 12.5 Å². The van der Waals surface area contributed by atoms with E-state index in [0.717, 1.165) is 17.7 Å². The van der Waals surface area contributed by atoms with E-state index in [0.29, 0.717) is 24.7 Å². The van der Waals surface area contributed by atoms with Gasteiger partial charge in [0.15, 0.2) is 0 Å². The molecule has 0 bridgehead atoms. The highest BCUT2D eigenvalue weighted by Crippen LogP contribution is 2.29. The van der Waals surface area contributed by atoms with Crippen molar-refractivity contribution in [2.75, 3.05) is 19.6 Å². The van der Waals surface area contributed by atoms with Crippen LogP contribution in [0.3, 0.4) is 0 Å². The zero-order valence-corrected chi connectivity index (χ0v) is 13.7. The Labute approximate surface area is 144 Å². The summed E-state index contributed by atoms with van der Waals surface area (Å²) in [5.74, 6) is -1.56. The summed E-state index contributed by atoms with van der Waals surface area (Å²) in [6.07, 6.45) is -0.104. The molecule has 1 N–H and O–H groups in total. The molecule has 1 amide bonds. The number of nitrogens with one attached hydrogen (secondary N) is 1. The Morgan fingerprint density at radius 2 is 2.04 bits per heavy atom. The third kappa shape index (κ3) is 3.57. The molecule has 0 aromatic heterocycles. The number of rotatable bonds is 3. The minimum absolute atomic E-state index is 0.104. The van der Waals surface area contributed by atoms with Gasteiger partial charge in [-0.05, 0) is 23.3 Å². The van der Waals surface area contributed by atoms with Crippen molar-refractivity contribution in [3.63, 3.8) is 0 Å². The summed E-state index contributed by atoms with van der Waals surface area (Å²) in [5.41, 5.74) is 1.05. The summed E-state index contributed by atoms with van der Waals surface area (Å²) < 4.78 is 26.8. The molecular formula is C18H17ClF2N2O. The predicted molar refractivity (Wildman–Crippen MR) is 88.8 cm³/mol. The largest absolute Gasteiger partial charge is 0.333 e. The van der Waals surface area contributed by atoms with Crippen LogP contribution in [0.5, 0.6) is 0 Å². The van der Waals surface area contributed by atoms with E-state index in [1.807, 2.05) is 18.2 Å². The molecule has 0 saturated carbocycles. The highest BCUT2D eigenvalue weighted by molar-refractivity contribution is 6.31. The first kappa shape index (κ1) is 16.9. The van der Waals surface area contributed by atoms with Crippen LogP contribution in [-0.4, -0.2) is 30.4 Å². The Morgan fingerprint density at radius 1 is 1.25 bits per heavy atom. The van der Waals surface area contributed by atoms with Crippen molar-refractivity contribution in [2.24, 2.45) is 0 Å². The first-order valence-electron chi connectivity index (χ1n) is 7.75. The Kier molecular flexibility index (Phi) is 5.11. The molecular weight excluding hydrogens is 334 g/mol. The van der Waals surface area contributed by atoms with Crippen molar-refractivity contribution in [1.29, 1.82) is 0 Å². The molecule has 1 aliphatic rings. The predicted octanol–water partition coefficient (Wildman–Crippen LogP) is 3.33. The SMILES string of the molecule is O=C(Cc1ccc(F)cc1F)N1CCNCC1c1ccccc1Cl. The molecule has 3 nitrogen and oxygen atoms in total. The fourth-order valence-corrected chi connectivity index (χ4v) is 3.22. The minimum Gasteiger partial charge on any atom is -0.333 e. The Balaban J connectivity index is 1.82. The monoisotopic (exact) mass is 350 g/mol. The second kappa shape index (κ2) is 7.28. The lowest BCUT2D eigenvalue weighted by Crippen LogP contribution is -2.49. The first-order chi connectivity index (χ1) is 11.6. The number of nitrogens with zero attached hydrogens (tertiary/aromatic N) is 1. The third-order valence-corrected chi connectivity index (χ3v) is 4.53. The van der Waals surface area contributed by atoms with Crippen molar-refractivity contribution in [1.82, 2.24) is 10.2 Å². The van der Waals surface area contributed by atoms with Crippen molar-refractivity contribution in [2.45, 2.75) is 12.5 Å². The molecule has 126 valence electrons. The molecule has 1 unspecified atom stereocenters. The van der Waals surface area contributed by atoms with Crippen LogP contribution in [-0.2, 0) is 11.2 Å². The van der Waals surface area contributed by atoms with Gasteiger partial charge in [-0.15, -0.1) is 0 Å². The van der Waals surface area contributed by atoms with Crippen LogP contribution in [0, 0.1) is 11.6 Å². The number of carbonyl (C=O) groups excluding carboxylic acids is 1. The van der Waals surface area contributed by atoms with E-state index in [4.69, 9.17) is 11.6 Å². The quantitative estimate of drug-likeness (QED) is 0.921. The van der Waals surface area contributed by atoms with Gasteiger partial charge in [-0.1, -0.05) is 35.9 Å². The number of hydrogen-bond acceptors (Lipinski definition) is 2. The van der Waals surface area contributed by atoms with Crippen LogP contribution < -0.4 is 5.32 Å². The molecule has 1 saturated heterocycles. The smallest absolute Gasteiger partial charge is 0.227 e. The highest BCUT2D eigenvalue weighted by Gasteiger charge is 2.29. The topological polar surface area (TPSA) is 32.3 Å². The maximum atomic E-state index is 13.8. The Bertz CT molecular complexity index is 754. The molecule has 0 aliphatic carbocycles. The van der Waals surface area contributed by atoms with Gasteiger partial charge in [0, 0.05) is 30.7 Å². The van der Waals surface area contributed by atoms with E-state index in [1.165, 1.54) is 6.07 Å². The van der Waals surface area contributed by atoms with Gasteiger partial charge in [-0.3, -0.25) is 4.79 Å². The van der Waals surface area contributed by atoms with E-state index >= 15 is 0 Å². The van der Waals surface area contributed by atoms with Crippen LogP contribution in [0.25, 0.3) is 0 Å². The molecule has 3 rings (SSSR count). The summed E-state index contributed by atoms with van der Waals surface area (Å²) in [7, 11) is 0. The summed E-state index contributed by atoms with van der Waals surface area (Å²) in [5, 5.41) is 3.85. The third-order valence-electron chi connectivity index (χ3n) is 4.18. The van der Waals surface area contributed by atoms with Gasteiger partial charge in [-0.2, -0.15) is 0 Å². The number of amides is 1. The van der Waals surface area contributed by atoms with E-state index in [1.54, 1.807) is 11.0 Å². The Hall–Kier alpha value is -1.98. The number of hydrogen-bond donors (Lipinski definition) is 1. The molecule has 1 fully saturated rings. The van der Waals surface area contributed by atoms with Crippen molar-refractivity contribution in [3.8, 4) is 0 Å². The van der Waals surface area contributed by atoms with E-state index in [-0.39, 0.29) is 23.9 Å². The van der Waals surface area contributed by atoms with Gasteiger partial charge >= 0.3 is 0 Å². The summed E-state index contributed by atoms with van der Waals surface area (Å²) >= 11 is 6.26. The van der Waals surface area contributed by atoms with Gasteiger partial charge in [0.1, 0.15) is 11.6 Å². The van der Waals surface area contributed by atoms with E-state index < -0.39 is 11.6 Å². The lowest BCUT2D eigenvalue weighted by Gasteiger charge is -2.37. The van der Waals surface area contributed by atoms with Crippen LogP contribution in [0.15, 0.2) is 42.5 Å². The van der Waals surface area contributed by atoms with Gasteiger partial charge in [0.25, 0.3) is 0 Å². The molecule has 1 heterocycles. The van der Waals surface area contributed by atoms with Crippen molar-refractivity contribution in [3.05, 3.63) is 70.2 Å². The van der Waals surface area contributed by atoms with Gasteiger partial charge < -0.3 is 10.2 Å².